The van der Waals surface area contributed by atoms with Gasteiger partial charge in [-0.2, -0.15) is 4.98 Å². The predicted octanol–water partition coefficient (Wildman–Crippen LogP) is 1.53. The van der Waals surface area contributed by atoms with E-state index in [2.05, 4.69) is 20.8 Å². The number of carbonyl (C=O) groups is 1. The molecule has 1 saturated heterocycles. The van der Waals surface area contributed by atoms with Gasteiger partial charge in [-0.05, 0) is 39.0 Å². The van der Waals surface area contributed by atoms with Crippen LogP contribution in [0.15, 0.2) is 4.52 Å². The summed E-state index contributed by atoms with van der Waals surface area (Å²) < 4.78 is 10.5. The topological polar surface area (TPSA) is 89.3 Å². The van der Waals surface area contributed by atoms with E-state index in [-0.39, 0.29) is 12.6 Å². The summed E-state index contributed by atoms with van der Waals surface area (Å²) in [5, 5.41) is 9.13. The normalized spacial score (nSPS) is 18.8. The Balaban J connectivity index is 1.51. The van der Waals surface area contributed by atoms with Gasteiger partial charge in [0.2, 0.25) is 5.89 Å². The molecule has 1 fully saturated rings. The average molecular weight is 282 g/mol. The van der Waals surface area contributed by atoms with Crippen LogP contribution in [0, 0.1) is 6.92 Å². The Bertz CT molecular complexity index is 416. The number of nitrogens with zero attached hydrogens (tertiary/aromatic N) is 2. The molecular formula is C13H22N4O3. The number of nitrogens with one attached hydrogen (secondary N) is 2. The zero-order chi connectivity index (χ0) is 14.2. The van der Waals surface area contributed by atoms with Crippen molar-refractivity contribution in [1.82, 2.24) is 20.8 Å². The van der Waals surface area contributed by atoms with Crippen LogP contribution in [0.3, 0.4) is 0 Å². The second-order valence-corrected chi connectivity index (χ2v) is 4.98. The number of urea groups is 1. The number of carbonyl (C=O) groups excluding carboxylic acids is 1. The van der Waals surface area contributed by atoms with Crippen LogP contribution >= 0.6 is 0 Å². The maximum absolute atomic E-state index is 11.5. The Kier molecular flexibility index (Phi) is 5.79. The number of hydrogen-bond acceptors (Lipinski definition) is 5. The van der Waals surface area contributed by atoms with Crippen LogP contribution in [-0.4, -0.2) is 35.4 Å². The number of amides is 2. The zero-order valence-electron chi connectivity index (χ0n) is 11.9. The predicted molar refractivity (Wildman–Crippen MR) is 72.1 cm³/mol. The Morgan fingerprint density at radius 3 is 3.00 bits per heavy atom. The fraction of sp³-hybridized carbons (Fsp3) is 0.769. The van der Waals surface area contributed by atoms with E-state index in [1.165, 1.54) is 12.8 Å². The highest BCUT2D eigenvalue weighted by Gasteiger charge is 2.13. The van der Waals surface area contributed by atoms with Crippen molar-refractivity contribution in [2.45, 2.75) is 51.7 Å². The van der Waals surface area contributed by atoms with Crippen LogP contribution in [0.1, 0.15) is 43.8 Å². The highest BCUT2D eigenvalue weighted by molar-refractivity contribution is 5.73. The Hall–Kier alpha value is -1.63. The summed E-state index contributed by atoms with van der Waals surface area (Å²) in [6, 6.07) is -0.217. The van der Waals surface area contributed by atoms with E-state index in [1.54, 1.807) is 6.92 Å². The van der Waals surface area contributed by atoms with Crippen molar-refractivity contribution in [1.29, 1.82) is 0 Å². The van der Waals surface area contributed by atoms with Gasteiger partial charge in [-0.3, -0.25) is 0 Å². The standard InChI is InChI=1S/C13H22N4O3/c1-10-16-12(20-17-10)9-15-13(18)14-7-4-6-11-5-2-3-8-19-11/h11H,2-9H2,1H3,(H2,14,15,18)/t11-/m1/s1. The molecule has 0 unspecified atom stereocenters. The van der Waals surface area contributed by atoms with Crippen LogP contribution < -0.4 is 10.6 Å². The lowest BCUT2D eigenvalue weighted by molar-refractivity contribution is 0.0103. The molecule has 1 aliphatic heterocycles. The van der Waals surface area contributed by atoms with Crippen LogP contribution in [0.5, 0.6) is 0 Å². The molecular weight excluding hydrogens is 260 g/mol. The largest absolute Gasteiger partial charge is 0.378 e. The SMILES string of the molecule is Cc1noc(CNC(=O)NCCC[C@H]2CCCCO2)n1. The van der Waals surface area contributed by atoms with Crippen molar-refractivity contribution in [3.05, 3.63) is 11.7 Å². The number of aromatic nitrogens is 2. The Morgan fingerprint density at radius 1 is 1.40 bits per heavy atom. The first kappa shape index (κ1) is 14.8. The molecule has 0 aromatic carbocycles. The van der Waals surface area contributed by atoms with Crippen LogP contribution in [-0.2, 0) is 11.3 Å². The van der Waals surface area contributed by atoms with E-state index in [0.717, 1.165) is 25.9 Å². The summed E-state index contributed by atoms with van der Waals surface area (Å²) in [5.74, 6) is 0.975. The second-order valence-electron chi connectivity index (χ2n) is 4.98. The third kappa shape index (κ3) is 5.16. The monoisotopic (exact) mass is 282 g/mol. The van der Waals surface area contributed by atoms with Crippen LogP contribution in [0.2, 0.25) is 0 Å². The van der Waals surface area contributed by atoms with Gasteiger partial charge in [0.1, 0.15) is 0 Å². The first-order chi connectivity index (χ1) is 9.74. The van der Waals surface area contributed by atoms with Crippen molar-refractivity contribution >= 4 is 6.03 Å². The first-order valence-corrected chi connectivity index (χ1v) is 7.16. The molecule has 1 aromatic rings. The fourth-order valence-electron chi connectivity index (χ4n) is 2.20. The number of rotatable bonds is 6. The molecule has 112 valence electrons. The molecule has 1 aliphatic rings. The zero-order valence-corrected chi connectivity index (χ0v) is 11.9. The van der Waals surface area contributed by atoms with Crippen molar-refractivity contribution in [2.24, 2.45) is 0 Å². The van der Waals surface area contributed by atoms with E-state index in [4.69, 9.17) is 9.26 Å². The molecule has 0 aliphatic carbocycles. The van der Waals surface area contributed by atoms with Gasteiger partial charge >= 0.3 is 6.03 Å². The molecule has 0 spiro atoms. The lowest BCUT2D eigenvalue weighted by atomic mass is 10.0. The van der Waals surface area contributed by atoms with Gasteiger partial charge in [0, 0.05) is 13.2 Å². The summed E-state index contributed by atoms with van der Waals surface area (Å²) >= 11 is 0. The lowest BCUT2D eigenvalue weighted by Gasteiger charge is -2.22. The summed E-state index contributed by atoms with van der Waals surface area (Å²) in [7, 11) is 0. The second kappa shape index (κ2) is 7.84. The maximum atomic E-state index is 11.5. The fourth-order valence-corrected chi connectivity index (χ4v) is 2.20. The molecule has 1 aromatic heterocycles. The van der Waals surface area contributed by atoms with E-state index >= 15 is 0 Å². The molecule has 7 heteroatoms. The summed E-state index contributed by atoms with van der Waals surface area (Å²) in [6.07, 6.45) is 5.87. The molecule has 0 bridgehead atoms. The van der Waals surface area contributed by atoms with E-state index < -0.39 is 0 Å². The maximum Gasteiger partial charge on any atom is 0.315 e. The van der Waals surface area contributed by atoms with Crippen molar-refractivity contribution in [2.75, 3.05) is 13.2 Å². The van der Waals surface area contributed by atoms with Gasteiger partial charge in [0.05, 0.1) is 12.6 Å². The van der Waals surface area contributed by atoms with Gasteiger partial charge in [-0.15, -0.1) is 0 Å². The van der Waals surface area contributed by atoms with Crippen molar-refractivity contribution < 1.29 is 14.1 Å². The highest BCUT2D eigenvalue weighted by Crippen LogP contribution is 2.16. The molecule has 2 rings (SSSR count). The molecule has 20 heavy (non-hydrogen) atoms. The third-order valence-electron chi connectivity index (χ3n) is 3.23. The number of hydrogen-bond donors (Lipinski definition) is 2. The van der Waals surface area contributed by atoms with E-state index in [9.17, 15) is 4.79 Å². The molecule has 2 amide bonds. The summed E-state index contributed by atoms with van der Waals surface area (Å²) in [4.78, 5) is 15.5. The van der Waals surface area contributed by atoms with Gasteiger partial charge < -0.3 is 19.9 Å². The molecule has 2 heterocycles. The van der Waals surface area contributed by atoms with Crippen molar-refractivity contribution in [3.63, 3.8) is 0 Å². The van der Waals surface area contributed by atoms with Gasteiger partial charge in [0.15, 0.2) is 5.82 Å². The quantitative estimate of drug-likeness (QED) is 0.772. The molecule has 1 atom stereocenters. The van der Waals surface area contributed by atoms with Crippen molar-refractivity contribution in [3.8, 4) is 0 Å². The summed E-state index contributed by atoms with van der Waals surface area (Å²) in [5.41, 5.74) is 0. The highest BCUT2D eigenvalue weighted by atomic mass is 16.5. The number of ether oxygens (including phenoxy) is 1. The first-order valence-electron chi connectivity index (χ1n) is 7.16. The molecule has 0 saturated carbocycles. The van der Waals surface area contributed by atoms with E-state index in [1.807, 2.05) is 0 Å². The van der Waals surface area contributed by atoms with Gasteiger partial charge in [0.25, 0.3) is 0 Å². The third-order valence-corrected chi connectivity index (χ3v) is 3.23. The van der Waals surface area contributed by atoms with Gasteiger partial charge in [-0.1, -0.05) is 5.16 Å². The minimum atomic E-state index is -0.217. The average Bonchev–Trinajstić information content (AvgIpc) is 2.88. The number of aryl methyl sites for hydroxylation is 1. The Morgan fingerprint density at radius 2 is 2.30 bits per heavy atom. The van der Waals surface area contributed by atoms with Crippen LogP contribution in [0.25, 0.3) is 0 Å². The molecule has 0 radical (unpaired) electrons. The van der Waals surface area contributed by atoms with Crippen LogP contribution in [0.4, 0.5) is 4.79 Å². The lowest BCUT2D eigenvalue weighted by Crippen LogP contribution is -2.36. The smallest absolute Gasteiger partial charge is 0.315 e. The minimum absolute atomic E-state index is 0.217. The molecule has 7 nitrogen and oxygen atoms in total. The Labute approximate surface area is 118 Å². The summed E-state index contributed by atoms with van der Waals surface area (Å²) in [6.45, 7) is 3.51. The molecule has 2 N–H and O–H groups in total. The van der Waals surface area contributed by atoms with E-state index in [0.29, 0.717) is 24.4 Å². The minimum Gasteiger partial charge on any atom is -0.378 e. The van der Waals surface area contributed by atoms with Gasteiger partial charge in [-0.25, -0.2) is 4.79 Å².